The zero-order chi connectivity index (χ0) is 13.3. The van der Waals surface area contributed by atoms with Gasteiger partial charge in [-0.2, -0.15) is 5.10 Å². The first kappa shape index (κ1) is 13.0. The lowest BCUT2D eigenvalue weighted by Gasteiger charge is -2.27. The first-order valence-corrected chi connectivity index (χ1v) is 6.36. The quantitative estimate of drug-likeness (QED) is 0.760. The van der Waals surface area contributed by atoms with Gasteiger partial charge in [-0.05, 0) is 40.0 Å². The summed E-state index contributed by atoms with van der Waals surface area (Å²) in [5.74, 6) is 1.32. The molecule has 0 radical (unpaired) electrons. The Labute approximate surface area is 107 Å². The van der Waals surface area contributed by atoms with Crippen molar-refractivity contribution in [2.24, 2.45) is 5.73 Å². The van der Waals surface area contributed by atoms with Crippen molar-refractivity contribution in [3.05, 3.63) is 11.6 Å². The summed E-state index contributed by atoms with van der Waals surface area (Å²) < 4.78 is 1.82. The maximum Gasteiger partial charge on any atom is 0.237 e. The topological polar surface area (TPSA) is 85.8 Å². The number of carbonyl (C=O) groups excluding carboxylic acids is 1. The van der Waals surface area contributed by atoms with Crippen molar-refractivity contribution >= 4 is 5.91 Å². The number of hydrogen-bond acceptors (Lipinski definition) is 4. The molecule has 0 aromatic carbocycles. The lowest BCUT2D eigenvalue weighted by Crippen LogP contribution is -2.54. The molecule has 1 saturated carbocycles. The van der Waals surface area contributed by atoms with E-state index in [2.05, 4.69) is 15.4 Å². The minimum absolute atomic E-state index is 0.302. The normalized spacial score (nSPS) is 18.6. The second kappa shape index (κ2) is 4.68. The molecule has 2 rings (SSSR count). The standard InChI is InChI=1S/C12H21N5O/c1-8-14-9(2)17(16-8)7-6-12(3,11(13)18)15-10-4-5-10/h10,15H,4-7H2,1-3H3,(H2,13,18). The molecule has 100 valence electrons. The number of aryl methyl sites for hydroxylation is 3. The van der Waals surface area contributed by atoms with Crippen LogP contribution in [0.5, 0.6) is 0 Å². The van der Waals surface area contributed by atoms with Crippen LogP contribution in [0.1, 0.15) is 37.8 Å². The number of hydrogen-bond donors (Lipinski definition) is 2. The summed E-state index contributed by atoms with van der Waals surface area (Å²) in [7, 11) is 0. The van der Waals surface area contributed by atoms with Gasteiger partial charge in [-0.25, -0.2) is 4.98 Å². The first-order chi connectivity index (χ1) is 8.40. The lowest BCUT2D eigenvalue weighted by atomic mass is 9.96. The van der Waals surface area contributed by atoms with Gasteiger partial charge in [0.25, 0.3) is 0 Å². The van der Waals surface area contributed by atoms with Crippen molar-refractivity contribution in [2.75, 3.05) is 0 Å². The highest BCUT2D eigenvalue weighted by atomic mass is 16.1. The number of amides is 1. The van der Waals surface area contributed by atoms with E-state index in [9.17, 15) is 4.79 Å². The molecule has 1 aliphatic rings. The minimum Gasteiger partial charge on any atom is -0.368 e. The fraction of sp³-hybridized carbons (Fsp3) is 0.750. The molecule has 1 amide bonds. The molecule has 1 atom stereocenters. The number of rotatable bonds is 6. The van der Waals surface area contributed by atoms with E-state index in [1.54, 1.807) is 0 Å². The molecular formula is C12H21N5O. The molecule has 6 heteroatoms. The number of aromatic nitrogens is 3. The first-order valence-electron chi connectivity index (χ1n) is 6.36. The molecule has 1 unspecified atom stereocenters. The summed E-state index contributed by atoms with van der Waals surface area (Å²) >= 11 is 0. The van der Waals surface area contributed by atoms with Gasteiger partial charge in [0.15, 0.2) is 0 Å². The van der Waals surface area contributed by atoms with E-state index < -0.39 is 5.54 Å². The Hall–Kier alpha value is -1.43. The average Bonchev–Trinajstić information content (AvgIpc) is 3.01. The maximum atomic E-state index is 11.6. The molecule has 0 aliphatic heterocycles. The molecule has 1 fully saturated rings. The van der Waals surface area contributed by atoms with E-state index in [1.807, 2.05) is 25.5 Å². The third kappa shape index (κ3) is 2.87. The summed E-state index contributed by atoms with van der Waals surface area (Å²) in [4.78, 5) is 15.9. The average molecular weight is 251 g/mol. The molecule has 3 N–H and O–H groups in total. The highest BCUT2D eigenvalue weighted by Gasteiger charge is 2.36. The van der Waals surface area contributed by atoms with Crippen LogP contribution >= 0.6 is 0 Å². The molecule has 0 bridgehead atoms. The van der Waals surface area contributed by atoms with Crippen molar-refractivity contribution in [3.63, 3.8) is 0 Å². The van der Waals surface area contributed by atoms with Gasteiger partial charge in [0.05, 0.1) is 5.54 Å². The van der Waals surface area contributed by atoms with Crippen LogP contribution in [-0.4, -0.2) is 32.3 Å². The molecular weight excluding hydrogens is 230 g/mol. The Kier molecular flexibility index (Phi) is 3.38. The summed E-state index contributed by atoms with van der Waals surface area (Å²) in [5, 5.41) is 7.62. The predicted molar refractivity (Wildman–Crippen MR) is 67.9 cm³/mol. The van der Waals surface area contributed by atoms with Crippen molar-refractivity contribution in [1.29, 1.82) is 0 Å². The van der Waals surface area contributed by atoms with Gasteiger partial charge >= 0.3 is 0 Å². The van der Waals surface area contributed by atoms with Gasteiger partial charge in [-0.3, -0.25) is 9.48 Å². The van der Waals surface area contributed by atoms with Gasteiger partial charge in [0.1, 0.15) is 11.6 Å². The van der Waals surface area contributed by atoms with Gasteiger partial charge in [0, 0.05) is 12.6 Å². The van der Waals surface area contributed by atoms with Gasteiger partial charge in [-0.1, -0.05) is 0 Å². The Morgan fingerprint density at radius 2 is 2.22 bits per heavy atom. The number of nitrogens with two attached hydrogens (primary N) is 1. The van der Waals surface area contributed by atoms with E-state index in [-0.39, 0.29) is 5.91 Å². The number of nitrogens with one attached hydrogen (secondary N) is 1. The summed E-state index contributed by atoms with van der Waals surface area (Å²) in [6, 6.07) is 0.445. The number of nitrogens with zero attached hydrogens (tertiary/aromatic N) is 3. The Balaban J connectivity index is 2.00. The second-order valence-electron chi connectivity index (χ2n) is 5.29. The molecule has 1 aromatic heterocycles. The minimum atomic E-state index is -0.659. The van der Waals surface area contributed by atoms with Crippen molar-refractivity contribution in [2.45, 2.75) is 58.2 Å². The molecule has 0 spiro atoms. The van der Waals surface area contributed by atoms with Gasteiger partial charge in [-0.15, -0.1) is 0 Å². The largest absolute Gasteiger partial charge is 0.368 e. The molecule has 18 heavy (non-hydrogen) atoms. The van der Waals surface area contributed by atoms with E-state index in [0.717, 1.165) is 24.5 Å². The van der Waals surface area contributed by atoms with Crippen molar-refractivity contribution in [1.82, 2.24) is 20.1 Å². The van der Waals surface area contributed by atoms with Gasteiger partial charge in [0.2, 0.25) is 5.91 Å². The van der Waals surface area contributed by atoms with Crippen LogP contribution < -0.4 is 11.1 Å². The van der Waals surface area contributed by atoms with Crippen molar-refractivity contribution < 1.29 is 4.79 Å². The zero-order valence-electron chi connectivity index (χ0n) is 11.2. The second-order valence-corrected chi connectivity index (χ2v) is 5.29. The highest BCUT2D eigenvalue weighted by Crippen LogP contribution is 2.24. The summed E-state index contributed by atoms with van der Waals surface area (Å²) in [6.07, 6.45) is 2.89. The smallest absolute Gasteiger partial charge is 0.237 e. The molecule has 0 saturated heterocycles. The number of carbonyl (C=O) groups is 1. The number of primary amides is 1. The van der Waals surface area contributed by atoms with Gasteiger partial charge < -0.3 is 11.1 Å². The Morgan fingerprint density at radius 3 is 2.67 bits per heavy atom. The van der Waals surface area contributed by atoms with Crippen LogP contribution in [0.3, 0.4) is 0 Å². The molecule has 1 heterocycles. The van der Waals surface area contributed by atoms with Crippen LogP contribution in [0.4, 0.5) is 0 Å². The van der Waals surface area contributed by atoms with Crippen LogP contribution in [0.15, 0.2) is 0 Å². The third-order valence-corrected chi connectivity index (χ3v) is 3.43. The fourth-order valence-electron chi connectivity index (χ4n) is 2.05. The van der Waals surface area contributed by atoms with E-state index in [1.165, 1.54) is 0 Å². The van der Waals surface area contributed by atoms with E-state index >= 15 is 0 Å². The SMILES string of the molecule is Cc1nc(C)n(CCC(C)(NC2CC2)C(N)=O)n1. The highest BCUT2D eigenvalue weighted by molar-refractivity contribution is 5.84. The third-order valence-electron chi connectivity index (χ3n) is 3.43. The Bertz CT molecular complexity index is 451. The van der Waals surface area contributed by atoms with Crippen molar-refractivity contribution in [3.8, 4) is 0 Å². The van der Waals surface area contributed by atoms with Crippen LogP contribution in [0.2, 0.25) is 0 Å². The van der Waals surface area contributed by atoms with E-state index in [4.69, 9.17) is 5.73 Å². The maximum absolute atomic E-state index is 11.6. The Morgan fingerprint density at radius 1 is 1.56 bits per heavy atom. The summed E-state index contributed by atoms with van der Waals surface area (Å²) in [5.41, 5.74) is 4.85. The summed E-state index contributed by atoms with van der Waals surface area (Å²) in [6.45, 7) is 6.29. The zero-order valence-corrected chi connectivity index (χ0v) is 11.2. The lowest BCUT2D eigenvalue weighted by molar-refractivity contribution is -0.124. The van der Waals surface area contributed by atoms with E-state index in [0.29, 0.717) is 19.0 Å². The molecule has 1 aromatic rings. The van der Waals surface area contributed by atoms with Crippen LogP contribution in [0.25, 0.3) is 0 Å². The monoisotopic (exact) mass is 251 g/mol. The molecule has 6 nitrogen and oxygen atoms in total. The predicted octanol–water partition coefficient (Wildman–Crippen LogP) is 0.281. The molecule has 1 aliphatic carbocycles. The fourth-order valence-corrected chi connectivity index (χ4v) is 2.05. The van der Waals surface area contributed by atoms with Crippen LogP contribution in [0, 0.1) is 13.8 Å². The van der Waals surface area contributed by atoms with Crippen LogP contribution in [-0.2, 0) is 11.3 Å².